The quantitative estimate of drug-likeness (QED) is 0.509. The van der Waals surface area contributed by atoms with Gasteiger partial charge in [-0.25, -0.2) is 9.97 Å². The van der Waals surface area contributed by atoms with Crippen LogP contribution in [-0.4, -0.2) is 61.6 Å². The van der Waals surface area contributed by atoms with E-state index in [1.54, 1.807) is 10.8 Å². The van der Waals surface area contributed by atoms with Gasteiger partial charge in [0.05, 0.1) is 18.4 Å². The summed E-state index contributed by atoms with van der Waals surface area (Å²) in [7, 11) is 0. The fraction of sp³-hybridized carbons (Fsp3) is 0.316. The van der Waals surface area contributed by atoms with E-state index in [0.29, 0.717) is 25.3 Å². The number of aryl methyl sites for hydroxylation is 1. The Labute approximate surface area is 170 Å². The highest BCUT2D eigenvalue weighted by Crippen LogP contribution is 2.24. The van der Waals surface area contributed by atoms with Gasteiger partial charge in [-0.3, -0.25) is 4.79 Å². The maximum Gasteiger partial charge on any atom is 0.254 e. The van der Waals surface area contributed by atoms with E-state index in [1.807, 2.05) is 35.4 Å². The van der Waals surface area contributed by atoms with E-state index in [0.717, 1.165) is 41.1 Å². The topological polar surface area (TPSA) is 92.7 Å². The fourth-order valence-corrected chi connectivity index (χ4v) is 4.28. The summed E-state index contributed by atoms with van der Waals surface area (Å²) in [6, 6.07) is 5.71. The zero-order valence-electron chi connectivity index (χ0n) is 15.9. The number of aromatic nitrogens is 5. The molecule has 0 atom stereocenters. The van der Waals surface area contributed by atoms with Gasteiger partial charge in [0.1, 0.15) is 12.1 Å². The van der Waals surface area contributed by atoms with Crippen LogP contribution in [0, 0.1) is 6.92 Å². The smallest absolute Gasteiger partial charge is 0.254 e. The van der Waals surface area contributed by atoms with Gasteiger partial charge >= 0.3 is 0 Å². The monoisotopic (exact) mass is 409 g/mol. The molecule has 1 aliphatic heterocycles. The molecule has 4 aromatic heterocycles. The number of furan rings is 1. The highest BCUT2D eigenvalue weighted by Gasteiger charge is 2.24. The van der Waals surface area contributed by atoms with Crippen molar-refractivity contribution in [3.8, 4) is 10.8 Å². The first-order valence-corrected chi connectivity index (χ1v) is 10.2. The second-order valence-corrected chi connectivity index (χ2v) is 7.75. The van der Waals surface area contributed by atoms with Crippen LogP contribution in [0.2, 0.25) is 0 Å². The first-order chi connectivity index (χ1) is 14.2. The van der Waals surface area contributed by atoms with Crippen LogP contribution in [-0.2, 0) is 11.2 Å². The summed E-state index contributed by atoms with van der Waals surface area (Å²) >= 11 is 1.49. The van der Waals surface area contributed by atoms with Gasteiger partial charge in [0.25, 0.3) is 5.78 Å². The summed E-state index contributed by atoms with van der Waals surface area (Å²) in [6.07, 6.45) is 3.44. The summed E-state index contributed by atoms with van der Waals surface area (Å²) in [4.78, 5) is 30.0. The van der Waals surface area contributed by atoms with Crippen LogP contribution in [0.15, 0.2) is 40.6 Å². The van der Waals surface area contributed by atoms with Gasteiger partial charge in [0.15, 0.2) is 10.8 Å². The molecule has 5 rings (SSSR count). The number of nitrogens with zero attached hydrogens (tertiary/aromatic N) is 7. The molecule has 5 heterocycles. The number of anilines is 1. The molecule has 9 nitrogen and oxygen atoms in total. The number of hydrogen-bond acceptors (Lipinski definition) is 8. The fourth-order valence-electron chi connectivity index (χ4n) is 3.49. The van der Waals surface area contributed by atoms with Crippen molar-refractivity contribution in [1.82, 2.24) is 29.5 Å². The molecule has 1 amide bonds. The molecule has 0 radical (unpaired) electrons. The van der Waals surface area contributed by atoms with E-state index in [1.165, 1.54) is 17.7 Å². The van der Waals surface area contributed by atoms with Crippen molar-refractivity contribution >= 4 is 28.8 Å². The predicted octanol–water partition coefficient (Wildman–Crippen LogP) is 2.04. The molecule has 0 bridgehead atoms. The Bertz CT molecular complexity index is 1140. The first kappa shape index (κ1) is 17.8. The Morgan fingerprint density at radius 1 is 1.24 bits per heavy atom. The minimum Gasteiger partial charge on any atom is -0.462 e. The van der Waals surface area contributed by atoms with Crippen molar-refractivity contribution in [3.63, 3.8) is 0 Å². The number of rotatable bonds is 4. The molecule has 0 aliphatic carbocycles. The number of thiazole rings is 1. The molecule has 0 aromatic carbocycles. The summed E-state index contributed by atoms with van der Waals surface area (Å²) < 4.78 is 7.12. The Hall–Kier alpha value is -3.27. The van der Waals surface area contributed by atoms with Gasteiger partial charge in [0.2, 0.25) is 5.91 Å². The first-order valence-electron chi connectivity index (χ1n) is 9.36. The number of hydrogen-bond donors (Lipinski definition) is 0. The van der Waals surface area contributed by atoms with Crippen LogP contribution < -0.4 is 4.90 Å². The maximum atomic E-state index is 12.7. The maximum absolute atomic E-state index is 12.7. The highest BCUT2D eigenvalue weighted by atomic mass is 32.1. The third kappa shape index (κ3) is 3.46. The van der Waals surface area contributed by atoms with Crippen molar-refractivity contribution in [2.45, 2.75) is 13.3 Å². The molecular weight excluding hydrogens is 390 g/mol. The standard InChI is InChI=1S/C19H19N7O2S/c1-13-9-16(26-19(22-13)20-12-21-26)24-4-6-25(7-5-24)17(27)10-14-11-29-18(23-14)15-3-2-8-28-15/h2-3,8-9,11-12H,4-7,10H2,1H3. The van der Waals surface area contributed by atoms with Gasteiger partial charge in [-0.2, -0.15) is 14.6 Å². The zero-order chi connectivity index (χ0) is 19.8. The molecule has 1 fully saturated rings. The molecule has 0 saturated carbocycles. The Morgan fingerprint density at radius 2 is 2.10 bits per heavy atom. The molecule has 0 spiro atoms. The van der Waals surface area contributed by atoms with Crippen LogP contribution in [0.4, 0.5) is 5.82 Å². The molecule has 148 valence electrons. The Morgan fingerprint density at radius 3 is 2.90 bits per heavy atom. The second-order valence-electron chi connectivity index (χ2n) is 6.89. The summed E-state index contributed by atoms with van der Waals surface area (Å²) in [6.45, 7) is 4.73. The molecule has 10 heteroatoms. The van der Waals surface area contributed by atoms with E-state index < -0.39 is 0 Å². The lowest BCUT2D eigenvalue weighted by molar-refractivity contribution is -0.130. The van der Waals surface area contributed by atoms with Crippen molar-refractivity contribution in [1.29, 1.82) is 0 Å². The average Bonchev–Trinajstić information content (AvgIpc) is 3.48. The summed E-state index contributed by atoms with van der Waals surface area (Å²) in [5.74, 6) is 2.38. The van der Waals surface area contributed by atoms with E-state index in [-0.39, 0.29) is 5.91 Å². The Kier molecular flexibility index (Phi) is 4.47. The van der Waals surface area contributed by atoms with Crippen LogP contribution in [0.1, 0.15) is 11.4 Å². The molecule has 0 unspecified atom stereocenters. The number of piperazine rings is 1. The normalized spacial score (nSPS) is 14.7. The molecule has 0 N–H and O–H groups in total. The lowest BCUT2D eigenvalue weighted by Gasteiger charge is -2.36. The van der Waals surface area contributed by atoms with E-state index in [9.17, 15) is 4.79 Å². The predicted molar refractivity (Wildman–Crippen MR) is 108 cm³/mol. The minimum atomic E-state index is 0.0951. The highest BCUT2D eigenvalue weighted by molar-refractivity contribution is 7.13. The Balaban J connectivity index is 1.23. The molecule has 1 aliphatic rings. The van der Waals surface area contributed by atoms with Gasteiger partial charge < -0.3 is 14.2 Å². The van der Waals surface area contributed by atoms with Gasteiger partial charge in [-0.1, -0.05) is 0 Å². The third-order valence-electron chi connectivity index (χ3n) is 4.93. The average molecular weight is 409 g/mol. The summed E-state index contributed by atoms with van der Waals surface area (Å²) in [5, 5.41) is 7.00. The summed E-state index contributed by atoms with van der Waals surface area (Å²) in [5.41, 5.74) is 1.68. The number of carbonyl (C=O) groups is 1. The lowest BCUT2D eigenvalue weighted by Crippen LogP contribution is -2.49. The number of carbonyl (C=O) groups excluding carboxylic acids is 1. The zero-order valence-corrected chi connectivity index (χ0v) is 16.7. The van der Waals surface area contributed by atoms with Crippen LogP contribution in [0.25, 0.3) is 16.5 Å². The van der Waals surface area contributed by atoms with Crippen LogP contribution >= 0.6 is 11.3 Å². The number of fused-ring (bicyclic) bond motifs is 1. The van der Waals surface area contributed by atoms with Crippen molar-refractivity contribution in [2.75, 3.05) is 31.1 Å². The third-order valence-corrected chi connectivity index (χ3v) is 5.84. The van der Waals surface area contributed by atoms with E-state index in [2.05, 4.69) is 25.0 Å². The SMILES string of the molecule is Cc1cc(N2CCN(C(=O)Cc3csc(-c4ccco4)n3)CC2)n2ncnc2n1. The lowest BCUT2D eigenvalue weighted by atomic mass is 10.2. The molecule has 29 heavy (non-hydrogen) atoms. The van der Waals surface area contributed by atoms with Crippen molar-refractivity contribution in [3.05, 3.63) is 47.6 Å². The van der Waals surface area contributed by atoms with E-state index in [4.69, 9.17) is 4.42 Å². The van der Waals surface area contributed by atoms with Gasteiger partial charge in [-0.15, -0.1) is 11.3 Å². The van der Waals surface area contributed by atoms with Gasteiger partial charge in [-0.05, 0) is 19.1 Å². The van der Waals surface area contributed by atoms with Crippen LogP contribution in [0.3, 0.4) is 0 Å². The largest absolute Gasteiger partial charge is 0.462 e. The van der Waals surface area contributed by atoms with Crippen molar-refractivity contribution < 1.29 is 9.21 Å². The number of amides is 1. The van der Waals surface area contributed by atoms with Crippen LogP contribution in [0.5, 0.6) is 0 Å². The molecule has 1 saturated heterocycles. The van der Waals surface area contributed by atoms with Gasteiger partial charge in [0, 0.05) is 43.3 Å². The van der Waals surface area contributed by atoms with E-state index >= 15 is 0 Å². The second kappa shape index (κ2) is 7.28. The molecule has 4 aromatic rings. The molecular formula is C19H19N7O2S. The minimum absolute atomic E-state index is 0.0951. The van der Waals surface area contributed by atoms with Crippen molar-refractivity contribution in [2.24, 2.45) is 0 Å².